The van der Waals surface area contributed by atoms with E-state index in [1.165, 1.54) is 6.07 Å². The normalized spacial score (nSPS) is 11.2. The molecule has 0 unspecified atom stereocenters. The van der Waals surface area contributed by atoms with Gasteiger partial charge in [-0.15, -0.1) is 0 Å². The lowest BCUT2D eigenvalue weighted by Gasteiger charge is -2.15. The second-order valence-electron chi connectivity index (χ2n) is 4.50. The van der Waals surface area contributed by atoms with Gasteiger partial charge >= 0.3 is 0 Å². The third kappa shape index (κ3) is 3.76. The molecular formula is C14H12ClN2O4S-. The monoisotopic (exact) mass is 339 g/mol. The van der Waals surface area contributed by atoms with E-state index < -0.39 is 20.9 Å². The number of primary sulfonamides is 1. The van der Waals surface area contributed by atoms with E-state index in [4.69, 9.17) is 16.7 Å². The van der Waals surface area contributed by atoms with Gasteiger partial charge in [0.2, 0.25) is 10.0 Å². The smallest absolute Gasteiger partial charge is 0.239 e. The van der Waals surface area contributed by atoms with Crippen LogP contribution in [0.5, 0.6) is 0 Å². The number of nitrogens with one attached hydrogen (secondary N) is 1. The van der Waals surface area contributed by atoms with Crippen LogP contribution in [0.3, 0.4) is 0 Å². The molecule has 0 saturated carbocycles. The summed E-state index contributed by atoms with van der Waals surface area (Å²) < 4.78 is 22.8. The third-order valence-corrected chi connectivity index (χ3v) is 4.30. The van der Waals surface area contributed by atoms with Crippen LogP contribution in [-0.4, -0.2) is 14.4 Å². The fourth-order valence-electron chi connectivity index (χ4n) is 1.88. The Balaban J connectivity index is 2.39. The Morgan fingerprint density at radius 2 is 1.86 bits per heavy atom. The predicted molar refractivity (Wildman–Crippen MR) is 80.9 cm³/mol. The highest BCUT2D eigenvalue weighted by molar-refractivity contribution is 7.89. The number of carbonyl (C=O) groups is 1. The molecule has 116 valence electrons. The van der Waals surface area contributed by atoms with Gasteiger partial charge < -0.3 is 15.2 Å². The van der Waals surface area contributed by atoms with Gasteiger partial charge in [-0.1, -0.05) is 41.9 Å². The quantitative estimate of drug-likeness (QED) is 0.842. The van der Waals surface area contributed by atoms with Gasteiger partial charge in [0.15, 0.2) is 0 Å². The van der Waals surface area contributed by atoms with Gasteiger partial charge in [0.1, 0.15) is 4.90 Å². The summed E-state index contributed by atoms with van der Waals surface area (Å²) in [6.07, 6.45) is 0. The van der Waals surface area contributed by atoms with Crippen molar-refractivity contribution in [1.29, 1.82) is 0 Å². The maximum absolute atomic E-state index is 11.4. The Labute approximate surface area is 132 Å². The molecule has 0 aliphatic heterocycles. The maximum Gasteiger partial charge on any atom is 0.239 e. The molecule has 3 N–H and O–H groups in total. The topological polar surface area (TPSA) is 112 Å². The van der Waals surface area contributed by atoms with Crippen molar-refractivity contribution in [2.45, 2.75) is 11.4 Å². The van der Waals surface area contributed by atoms with E-state index in [0.29, 0.717) is 6.54 Å². The first-order chi connectivity index (χ1) is 10.3. The molecule has 0 saturated heterocycles. The summed E-state index contributed by atoms with van der Waals surface area (Å²) in [5.41, 5.74) is 0.740. The largest absolute Gasteiger partial charge is 0.545 e. The zero-order valence-electron chi connectivity index (χ0n) is 11.2. The Morgan fingerprint density at radius 3 is 2.41 bits per heavy atom. The van der Waals surface area contributed by atoms with Gasteiger partial charge in [0, 0.05) is 17.8 Å². The van der Waals surface area contributed by atoms with Crippen molar-refractivity contribution in [2.75, 3.05) is 5.32 Å². The van der Waals surface area contributed by atoms with Gasteiger partial charge in [-0.25, -0.2) is 13.6 Å². The van der Waals surface area contributed by atoms with Crippen molar-refractivity contribution < 1.29 is 18.3 Å². The second-order valence-corrected chi connectivity index (χ2v) is 6.44. The van der Waals surface area contributed by atoms with E-state index in [1.54, 1.807) is 0 Å². The summed E-state index contributed by atoms with van der Waals surface area (Å²) >= 11 is 5.86. The molecule has 0 spiro atoms. The van der Waals surface area contributed by atoms with Crippen LogP contribution in [0.4, 0.5) is 5.69 Å². The van der Waals surface area contributed by atoms with Crippen molar-refractivity contribution >= 4 is 33.3 Å². The zero-order chi connectivity index (χ0) is 16.3. The molecule has 0 aliphatic rings. The lowest BCUT2D eigenvalue weighted by atomic mass is 10.1. The SMILES string of the molecule is NS(=O)(=O)c1cc(C(=O)[O-])c(NCc2ccccc2)cc1Cl. The molecule has 0 radical (unpaired) electrons. The number of aromatic carboxylic acids is 1. The van der Waals surface area contributed by atoms with Crippen LogP contribution in [0.2, 0.25) is 5.02 Å². The average Bonchev–Trinajstić information content (AvgIpc) is 2.44. The van der Waals surface area contributed by atoms with Crippen LogP contribution in [-0.2, 0) is 16.6 Å². The number of carbonyl (C=O) groups excluding carboxylic acids is 1. The molecule has 0 atom stereocenters. The van der Waals surface area contributed by atoms with Crippen LogP contribution in [0.25, 0.3) is 0 Å². The first-order valence-electron chi connectivity index (χ1n) is 6.14. The van der Waals surface area contributed by atoms with Crippen molar-refractivity contribution in [3.63, 3.8) is 0 Å². The van der Waals surface area contributed by atoms with Crippen molar-refractivity contribution in [3.05, 3.63) is 58.6 Å². The molecule has 0 aromatic heterocycles. The summed E-state index contributed by atoms with van der Waals surface area (Å²) in [6, 6.07) is 11.3. The molecule has 2 rings (SSSR count). The minimum absolute atomic E-state index is 0.154. The molecule has 8 heteroatoms. The molecule has 0 amide bonds. The molecule has 2 aromatic rings. The van der Waals surface area contributed by atoms with Gasteiger partial charge in [0.25, 0.3) is 0 Å². The first kappa shape index (κ1) is 16.3. The standard InChI is InChI=1S/C14H13ClN2O4S/c15-11-7-12(17-8-9-4-2-1-3-5-9)10(14(18)19)6-13(11)22(16,20)21/h1-7,17H,8H2,(H,18,19)(H2,16,20,21)/p-1. The second kappa shape index (κ2) is 6.35. The van der Waals surface area contributed by atoms with Crippen LogP contribution in [0.1, 0.15) is 15.9 Å². The number of hydrogen-bond donors (Lipinski definition) is 2. The Kier molecular flexibility index (Phi) is 4.70. The molecule has 0 aliphatic carbocycles. The van der Waals surface area contributed by atoms with Gasteiger partial charge in [-0.05, 0) is 17.7 Å². The lowest BCUT2D eigenvalue weighted by molar-refractivity contribution is -0.254. The Morgan fingerprint density at radius 1 is 1.23 bits per heavy atom. The molecular weight excluding hydrogens is 328 g/mol. The van der Waals surface area contributed by atoms with Gasteiger partial charge in [0.05, 0.1) is 11.0 Å². The zero-order valence-corrected chi connectivity index (χ0v) is 12.8. The average molecular weight is 340 g/mol. The number of hydrogen-bond acceptors (Lipinski definition) is 5. The lowest BCUT2D eigenvalue weighted by Crippen LogP contribution is -2.25. The summed E-state index contributed by atoms with van der Waals surface area (Å²) in [4.78, 5) is 10.7. The highest BCUT2D eigenvalue weighted by Gasteiger charge is 2.17. The van der Waals surface area contributed by atoms with E-state index in [9.17, 15) is 18.3 Å². The van der Waals surface area contributed by atoms with Gasteiger partial charge in [-0.3, -0.25) is 0 Å². The minimum Gasteiger partial charge on any atom is -0.545 e. The molecule has 0 bridgehead atoms. The van der Waals surface area contributed by atoms with Crippen molar-refractivity contribution in [2.24, 2.45) is 5.14 Å². The van der Waals surface area contributed by atoms with Crippen LogP contribution >= 0.6 is 11.6 Å². The molecule has 2 aromatic carbocycles. The van der Waals surface area contributed by atoms with Crippen LogP contribution in [0, 0.1) is 0 Å². The summed E-state index contributed by atoms with van der Waals surface area (Å²) in [6.45, 7) is 0.339. The Bertz CT molecular complexity index is 807. The number of anilines is 1. The summed E-state index contributed by atoms with van der Waals surface area (Å²) in [5, 5.41) is 18.9. The molecule has 6 nitrogen and oxygen atoms in total. The molecule has 0 fully saturated rings. The van der Waals surface area contributed by atoms with E-state index in [-0.39, 0.29) is 16.3 Å². The predicted octanol–water partition coefficient (Wildman–Crippen LogP) is 0.963. The van der Waals surface area contributed by atoms with E-state index in [2.05, 4.69) is 5.32 Å². The fourth-order valence-corrected chi connectivity index (χ4v) is 2.98. The van der Waals surface area contributed by atoms with Gasteiger partial charge in [-0.2, -0.15) is 0 Å². The minimum atomic E-state index is -4.12. The fraction of sp³-hybridized carbons (Fsp3) is 0.0714. The third-order valence-electron chi connectivity index (χ3n) is 2.92. The number of sulfonamides is 1. The van der Waals surface area contributed by atoms with Crippen molar-refractivity contribution in [1.82, 2.24) is 0 Å². The number of benzene rings is 2. The van der Waals surface area contributed by atoms with Crippen LogP contribution in [0.15, 0.2) is 47.4 Å². The number of nitrogens with two attached hydrogens (primary N) is 1. The van der Waals surface area contributed by atoms with Crippen LogP contribution < -0.4 is 15.6 Å². The van der Waals surface area contributed by atoms with E-state index in [0.717, 1.165) is 11.6 Å². The number of halogens is 1. The van der Waals surface area contributed by atoms with E-state index >= 15 is 0 Å². The first-order valence-corrected chi connectivity index (χ1v) is 8.07. The number of carboxylic acids is 1. The number of carboxylic acid groups (broad SMARTS) is 1. The summed E-state index contributed by atoms with van der Waals surface area (Å²) in [5.74, 6) is -1.53. The van der Waals surface area contributed by atoms with Crippen molar-refractivity contribution in [3.8, 4) is 0 Å². The molecule has 22 heavy (non-hydrogen) atoms. The summed E-state index contributed by atoms with van der Waals surface area (Å²) in [7, 11) is -4.12. The molecule has 0 heterocycles. The highest BCUT2D eigenvalue weighted by atomic mass is 35.5. The maximum atomic E-state index is 11.4. The number of rotatable bonds is 5. The highest BCUT2D eigenvalue weighted by Crippen LogP contribution is 2.28. The Hall–Kier alpha value is -2.09. The van der Waals surface area contributed by atoms with E-state index in [1.807, 2.05) is 30.3 Å².